The van der Waals surface area contributed by atoms with Gasteiger partial charge in [-0.3, -0.25) is 5.10 Å². The van der Waals surface area contributed by atoms with Crippen molar-refractivity contribution >= 4 is 6.03 Å². The minimum absolute atomic E-state index is 0.0782. The molecule has 1 aromatic heterocycles. The second-order valence-corrected chi connectivity index (χ2v) is 7.88. The number of hydrogen-bond acceptors (Lipinski definition) is 3. The van der Waals surface area contributed by atoms with E-state index in [1.54, 1.807) is 18.1 Å². The van der Waals surface area contributed by atoms with Gasteiger partial charge in [-0.1, -0.05) is 42.8 Å². The largest absolute Gasteiger partial charge is 0.380 e. The molecule has 6 nitrogen and oxygen atoms in total. The van der Waals surface area contributed by atoms with Crippen molar-refractivity contribution in [3.63, 3.8) is 0 Å². The Hall–Kier alpha value is -3.19. The van der Waals surface area contributed by atoms with Gasteiger partial charge in [-0.15, -0.1) is 0 Å². The molecule has 3 aromatic rings. The lowest BCUT2D eigenvalue weighted by molar-refractivity contribution is 0.183. The van der Waals surface area contributed by atoms with Crippen LogP contribution >= 0.6 is 0 Å². The molecule has 0 aliphatic heterocycles. The van der Waals surface area contributed by atoms with Gasteiger partial charge in [0, 0.05) is 38.5 Å². The molecular formula is C25H31FN4O2. The number of benzene rings is 2. The lowest BCUT2D eigenvalue weighted by atomic mass is 10.1. The van der Waals surface area contributed by atoms with Gasteiger partial charge < -0.3 is 15.0 Å². The second-order valence-electron chi connectivity index (χ2n) is 7.88. The average Bonchev–Trinajstić information content (AvgIpc) is 3.27. The van der Waals surface area contributed by atoms with Crippen LogP contribution in [0.4, 0.5) is 9.18 Å². The number of nitrogens with zero attached hydrogens (tertiary/aromatic N) is 2. The molecule has 170 valence electrons. The van der Waals surface area contributed by atoms with E-state index in [-0.39, 0.29) is 11.8 Å². The number of carbonyl (C=O) groups excluding carboxylic acids is 1. The first kappa shape index (κ1) is 23.5. The average molecular weight is 439 g/mol. The standard InChI is InChI=1S/C25H31FN4O2/c1-30(25(31)27-17-20-9-5-6-10-21(20)18-32-2)14-7-3-4-13-23-16-24(29-28-23)19-11-8-12-22(26)15-19/h5-6,8-12,15-16H,3-4,7,13-14,17-18H2,1-2H3,(H,27,31)(H,28,29). The van der Waals surface area contributed by atoms with Crippen LogP contribution in [0, 0.1) is 5.82 Å². The molecule has 0 unspecified atom stereocenters. The van der Waals surface area contributed by atoms with Crippen LogP contribution in [0.25, 0.3) is 11.3 Å². The van der Waals surface area contributed by atoms with Crippen LogP contribution in [0.5, 0.6) is 0 Å². The van der Waals surface area contributed by atoms with E-state index < -0.39 is 0 Å². The molecular weight excluding hydrogens is 407 g/mol. The van der Waals surface area contributed by atoms with E-state index in [2.05, 4.69) is 15.5 Å². The molecule has 2 amide bonds. The molecule has 0 saturated heterocycles. The summed E-state index contributed by atoms with van der Waals surface area (Å²) in [5.41, 5.74) is 4.70. The lowest BCUT2D eigenvalue weighted by Crippen LogP contribution is -2.37. The van der Waals surface area contributed by atoms with Gasteiger partial charge in [-0.05, 0) is 48.6 Å². The number of rotatable bonds is 11. The van der Waals surface area contributed by atoms with Crippen molar-refractivity contribution < 1.29 is 13.9 Å². The van der Waals surface area contributed by atoms with Gasteiger partial charge in [-0.25, -0.2) is 9.18 Å². The highest BCUT2D eigenvalue weighted by molar-refractivity contribution is 5.73. The van der Waals surface area contributed by atoms with Gasteiger partial charge in [0.25, 0.3) is 0 Å². The molecule has 0 radical (unpaired) electrons. The number of hydrogen-bond donors (Lipinski definition) is 2. The summed E-state index contributed by atoms with van der Waals surface area (Å²) in [6, 6.07) is 16.3. The number of nitrogens with one attached hydrogen (secondary N) is 2. The number of ether oxygens (including phenoxy) is 1. The van der Waals surface area contributed by atoms with E-state index in [9.17, 15) is 9.18 Å². The number of carbonyl (C=O) groups is 1. The molecule has 0 aliphatic carbocycles. The van der Waals surface area contributed by atoms with Crippen LogP contribution in [-0.2, 0) is 24.3 Å². The highest BCUT2D eigenvalue weighted by Gasteiger charge is 2.10. The number of aromatic nitrogens is 2. The topological polar surface area (TPSA) is 70.2 Å². The van der Waals surface area contributed by atoms with E-state index >= 15 is 0 Å². The van der Waals surface area contributed by atoms with Gasteiger partial charge in [-0.2, -0.15) is 5.10 Å². The fraction of sp³-hybridized carbons (Fsp3) is 0.360. The zero-order valence-corrected chi connectivity index (χ0v) is 18.7. The maximum absolute atomic E-state index is 13.4. The molecule has 7 heteroatoms. The first-order valence-corrected chi connectivity index (χ1v) is 10.9. The predicted octanol–water partition coefficient (Wildman–Crippen LogP) is 4.92. The first-order chi connectivity index (χ1) is 15.6. The third kappa shape index (κ3) is 6.92. The Kier molecular flexibility index (Phi) is 8.80. The predicted molar refractivity (Wildman–Crippen MR) is 124 cm³/mol. The van der Waals surface area contributed by atoms with Crippen LogP contribution in [0.1, 0.15) is 36.1 Å². The van der Waals surface area contributed by atoms with Gasteiger partial charge in [0.15, 0.2) is 0 Å². The summed E-state index contributed by atoms with van der Waals surface area (Å²) in [6.07, 6.45) is 3.79. The van der Waals surface area contributed by atoms with Gasteiger partial charge in [0.2, 0.25) is 0 Å². The zero-order valence-electron chi connectivity index (χ0n) is 18.7. The summed E-state index contributed by atoms with van der Waals surface area (Å²) in [5, 5.41) is 10.3. The number of aryl methyl sites for hydroxylation is 1. The van der Waals surface area contributed by atoms with Crippen molar-refractivity contribution in [1.82, 2.24) is 20.4 Å². The van der Waals surface area contributed by atoms with Crippen molar-refractivity contribution in [2.45, 2.75) is 38.8 Å². The number of halogens is 1. The molecule has 0 fully saturated rings. The molecule has 1 heterocycles. The molecule has 3 rings (SSSR count). The summed E-state index contributed by atoms with van der Waals surface area (Å²) >= 11 is 0. The third-order valence-corrected chi connectivity index (χ3v) is 5.39. The van der Waals surface area contributed by atoms with E-state index in [1.165, 1.54) is 12.1 Å². The summed E-state index contributed by atoms with van der Waals surface area (Å²) in [6.45, 7) is 1.71. The molecule has 2 aromatic carbocycles. The Bertz CT molecular complexity index is 1000. The van der Waals surface area contributed by atoms with Crippen molar-refractivity contribution in [2.24, 2.45) is 0 Å². The Morgan fingerprint density at radius 2 is 1.91 bits per heavy atom. The Morgan fingerprint density at radius 1 is 1.09 bits per heavy atom. The minimum Gasteiger partial charge on any atom is -0.380 e. The maximum atomic E-state index is 13.4. The van der Waals surface area contributed by atoms with E-state index in [1.807, 2.05) is 43.4 Å². The minimum atomic E-state index is -0.264. The Balaban J connectivity index is 1.35. The molecule has 0 aliphatic rings. The number of amides is 2. The third-order valence-electron chi connectivity index (χ3n) is 5.39. The zero-order chi connectivity index (χ0) is 22.8. The number of urea groups is 1. The van der Waals surface area contributed by atoms with E-state index in [4.69, 9.17) is 4.74 Å². The van der Waals surface area contributed by atoms with E-state index in [0.29, 0.717) is 19.7 Å². The second kappa shape index (κ2) is 12.0. The number of aromatic amines is 1. The SMILES string of the molecule is COCc1ccccc1CNC(=O)N(C)CCCCCc1cc(-c2cccc(F)c2)n[nH]1. The van der Waals surface area contributed by atoms with Gasteiger partial charge >= 0.3 is 6.03 Å². The van der Waals surface area contributed by atoms with Gasteiger partial charge in [0.05, 0.1) is 12.3 Å². The summed E-state index contributed by atoms with van der Waals surface area (Å²) in [5.74, 6) is -0.264. The Labute approximate surface area is 188 Å². The molecule has 0 bridgehead atoms. The van der Waals surface area contributed by atoms with Crippen LogP contribution in [0.2, 0.25) is 0 Å². The lowest BCUT2D eigenvalue weighted by Gasteiger charge is -2.18. The molecule has 0 atom stereocenters. The van der Waals surface area contributed by atoms with Crippen molar-refractivity contribution in [2.75, 3.05) is 20.7 Å². The first-order valence-electron chi connectivity index (χ1n) is 10.9. The molecule has 0 saturated carbocycles. The van der Waals surface area contributed by atoms with Crippen molar-refractivity contribution in [3.8, 4) is 11.3 Å². The van der Waals surface area contributed by atoms with Crippen molar-refractivity contribution in [3.05, 3.63) is 77.2 Å². The fourth-order valence-corrected chi connectivity index (χ4v) is 3.56. The Morgan fingerprint density at radius 3 is 2.69 bits per heavy atom. The van der Waals surface area contributed by atoms with E-state index in [0.717, 1.165) is 53.8 Å². The van der Waals surface area contributed by atoms with Crippen LogP contribution < -0.4 is 5.32 Å². The normalized spacial score (nSPS) is 10.8. The number of methoxy groups -OCH3 is 1. The highest BCUT2D eigenvalue weighted by Crippen LogP contribution is 2.19. The van der Waals surface area contributed by atoms with Crippen LogP contribution in [-0.4, -0.2) is 41.8 Å². The molecule has 0 spiro atoms. The summed E-state index contributed by atoms with van der Waals surface area (Å²) in [7, 11) is 3.48. The van der Waals surface area contributed by atoms with Crippen molar-refractivity contribution in [1.29, 1.82) is 0 Å². The molecule has 2 N–H and O–H groups in total. The van der Waals surface area contributed by atoms with Crippen LogP contribution in [0.3, 0.4) is 0 Å². The van der Waals surface area contributed by atoms with Gasteiger partial charge in [0.1, 0.15) is 5.82 Å². The quantitative estimate of drug-likeness (QED) is 0.418. The highest BCUT2D eigenvalue weighted by atomic mass is 19.1. The van der Waals surface area contributed by atoms with Crippen LogP contribution in [0.15, 0.2) is 54.6 Å². The fourth-order valence-electron chi connectivity index (χ4n) is 3.56. The monoisotopic (exact) mass is 438 g/mol. The summed E-state index contributed by atoms with van der Waals surface area (Å²) in [4.78, 5) is 14.1. The number of H-pyrrole nitrogens is 1. The smallest absolute Gasteiger partial charge is 0.317 e. The molecule has 32 heavy (non-hydrogen) atoms. The maximum Gasteiger partial charge on any atom is 0.317 e. The number of unbranched alkanes of at least 4 members (excludes halogenated alkanes) is 2. The summed E-state index contributed by atoms with van der Waals surface area (Å²) < 4.78 is 18.6.